The van der Waals surface area contributed by atoms with Gasteiger partial charge < -0.3 is 14.7 Å². The van der Waals surface area contributed by atoms with Crippen LogP contribution >= 0.6 is 8.25 Å². The first-order valence-electron chi connectivity index (χ1n) is 13.8. The Morgan fingerprint density at radius 1 is 0.892 bits per heavy atom. The van der Waals surface area contributed by atoms with Crippen LogP contribution in [-0.4, -0.2) is 45.1 Å². The second-order valence-corrected chi connectivity index (χ2v) is 11.8. The molecule has 2 N–H and O–H groups in total. The molecule has 37 heavy (non-hydrogen) atoms. The van der Waals surface area contributed by atoms with Gasteiger partial charge in [0.2, 0.25) is 10.0 Å². The van der Waals surface area contributed by atoms with Crippen LogP contribution in [0.4, 0.5) is 0 Å². The van der Waals surface area contributed by atoms with E-state index in [1.807, 2.05) is 30.3 Å². The number of hydrogen-bond donors (Lipinski definition) is 2. The molecule has 1 aromatic carbocycles. The molecule has 0 spiro atoms. The Bertz CT molecular complexity index is 750. The lowest BCUT2D eigenvalue weighted by atomic mass is 10.1. The van der Waals surface area contributed by atoms with Crippen molar-refractivity contribution < 1.29 is 32.2 Å². The van der Waals surface area contributed by atoms with Crippen molar-refractivity contribution in [3.8, 4) is 0 Å². The van der Waals surface area contributed by atoms with Crippen molar-refractivity contribution in [3.63, 3.8) is 0 Å². The van der Waals surface area contributed by atoms with Gasteiger partial charge in [-0.25, -0.2) is 13.1 Å². The molecule has 0 saturated carbocycles. The third-order valence-electron chi connectivity index (χ3n) is 5.78. The van der Waals surface area contributed by atoms with Crippen LogP contribution in [-0.2, 0) is 30.5 Å². The standard InChI is InChI=1S/C18H39NO3S.C9H11O4P/c1-3-5-7-9-10-11-12-14-16-23(21,22)19-18(17-20)15-13-8-6-4-2;10-14(11)13-7-6-12-8-9-4-2-1-3-5-9/h18-20H,3-17H2,1-2H3;1-5H,6-8H2/t18-;/m1./s1. The number of aliphatic hydroxyl groups is 1. The summed E-state index contributed by atoms with van der Waals surface area (Å²) in [5.74, 6) is 0.188. The molecule has 0 amide bonds. The fourth-order valence-corrected chi connectivity index (χ4v) is 5.30. The van der Waals surface area contributed by atoms with Crippen molar-refractivity contribution in [2.75, 3.05) is 25.6 Å². The normalized spacial score (nSPS) is 12.6. The smallest absolute Gasteiger partial charge is 0.488 e. The van der Waals surface area contributed by atoms with Crippen LogP contribution < -0.4 is 9.62 Å². The van der Waals surface area contributed by atoms with E-state index >= 15 is 0 Å². The van der Waals surface area contributed by atoms with Gasteiger partial charge in [0.1, 0.15) is 6.61 Å². The highest BCUT2D eigenvalue weighted by atomic mass is 32.2. The summed E-state index contributed by atoms with van der Waals surface area (Å²) in [5, 5.41) is 9.33. The lowest BCUT2D eigenvalue weighted by Gasteiger charge is -2.16. The first kappa shape index (κ1) is 36.1. The van der Waals surface area contributed by atoms with E-state index in [0.29, 0.717) is 6.61 Å². The van der Waals surface area contributed by atoms with Crippen LogP contribution in [0.25, 0.3) is 0 Å². The summed E-state index contributed by atoms with van der Waals surface area (Å²) in [6.45, 7) is 5.07. The van der Waals surface area contributed by atoms with E-state index in [1.165, 1.54) is 38.5 Å². The summed E-state index contributed by atoms with van der Waals surface area (Å²) >= 11 is 0. The van der Waals surface area contributed by atoms with E-state index in [9.17, 15) is 23.0 Å². The van der Waals surface area contributed by atoms with E-state index in [-0.39, 0.29) is 31.6 Å². The maximum Gasteiger partial charge on any atom is 0.488 e. The average molecular weight is 564 g/mol. The number of hydrogen-bond acceptors (Lipinski definition) is 7. The van der Waals surface area contributed by atoms with Crippen LogP contribution in [0.2, 0.25) is 0 Å². The molecule has 2 atom stereocenters. The Balaban J connectivity index is 0.000000785. The first-order valence-corrected chi connectivity index (χ1v) is 16.6. The summed E-state index contributed by atoms with van der Waals surface area (Å²) in [7, 11) is -6.00. The van der Waals surface area contributed by atoms with Crippen LogP contribution in [0.15, 0.2) is 30.3 Å². The van der Waals surface area contributed by atoms with Crippen LogP contribution in [0.3, 0.4) is 0 Å². The molecular formula is C27H50NO7PS. The lowest BCUT2D eigenvalue weighted by molar-refractivity contribution is -0.186. The molecule has 0 saturated heterocycles. The van der Waals surface area contributed by atoms with Crippen molar-refractivity contribution in [3.05, 3.63) is 35.9 Å². The number of rotatable bonds is 23. The molecule has 0 aromatic heterocycles. The van der Waals surface area contributed by atoms with Gasteiger partial charge >= 0.3 is 8.25 Å². The fraction of sp³-hybridized carbons (Fsp3) is 0.778. The number of unbranched alkanes of at least 4 members (excludes halogenated alkanes) is 10. The molecule has 0 bridgehead atoms. The second-order valence-electron chi connectivity index (χ2n) is 9.24. The quantitative estimate of drug-likeness (QED) is 0.131. The van der Waals surface area contributed by atoms with Gasteiger partial charge in [-0.3, -0.25) is 0 Å². The third kappa shape index (κ3) is 25.1. The summed E-state index contributed by atoms with van der Waals surface area (Å²) in [5.41, 5.74) is 1.05. The number of benzene rings is 1. The molecule has 0 radical (unpaired) electrons. The molecule has 1 aromatic rings. The Hall–Kier alpha value is -0.930. The minimum absolute atomic E-state index is 0.0749. The molecule has 1 unspecified atom stereocenters. The van der Waals surface area contributed by atoms with Crippen molar-refractivity contribution in [2.45, 2.75) is 110 Å². The summed E-state index contributed by atoms with van der Waals surface area (Å²) in [4.78, 5) is 9.99. The molecule has 216 valence electrons. The zero-order chi connectivity index (χ0) is 27.6. The maximum atomic E-state index is 12.0. The topological polar surface area (TPSA) is 125 Å². The van der Waals surface area contributed by atoms with Crippen LogP contribution in [0.1, 0.15) is 103 Å². The largest absolute Gasteiger partial charge is 0.566 e. The van der Waals surface area contributed by atoms with Crippen molar-refractivity contribution in [1.29, 1.82) is 0 Å². The molecule has 1 rings (SSSR count). The number of nitrogens with one attached hydrogen (secondary N) is 1. The molecule has 0 heterocycles. The van der Waals surface area contributed by atoms with E-state index in [1.54, 1.807) is 0 Å². The first-order chi connectivity index (χ1) is 17.8. The highest BCUT2D eigenvalue weighted by Crippen LogP contribution is 2.11. The molecular weight excluding hydrogens is 513 g/mol. The van der Waals surface area contributed by atoms with Crippen molar-refractivity contribution in [2.24, 2.45) is 0 Å². The molecule has 0 aliphatic heterocycles. The minimum atomic E-state index is -3.25. The molecule has 10 heteroatoms. The van der Waals surface area contributed by atoms with Gasteiger partial charge in [0, 0.05) is 6.04 Å². The van der Waals surface area contributed by atoms with E-state index in [4.69, 9.17) is 4.74 Å². The maximum absolute atomic E-state index is 12.0. The van der Waals surface area contributed by atoms with Crippen molar-refractivity contribution >= 4 is 18.3 Å². The van der Waals surface area contributed by atoms with E-state index in [2.05, 4.69) is 23.1 Å². The zero-order valence-electron chi connectivity index (χ0n) is 22.9. The van der Waals surface area contributed by atoms with E-state index in [0.717, 1.165) is 50.5 Å². The summed E-state index contributed by atoms with van der Waals surface area (Å²) < 4.78 is 46.2. The molecule has 0 aliphatic carbocycles. The summed E-state index contributed by atoms with van der Waals surface area (Å²) in [6, 6.07) is 9.33. The molecule has 0 aliphatic rings. The number of aliphatic hydroxyl groups excluding tert-OH is 1. The van der Waals surface area contributed by atoms with Gasteiger partial charge in [-0.05, 0) is 23.0 Å². The highest BCUT2D eigenvalue weighted by Gasteiger charge is 2.16. The van der Waals surface area contributed by atoms with Gasteiger partial charge in [-0.15, -0.1) is 4.52 Å². The predicted molar refractivity (Wildman–Crippen MR) is 149 cm³/mol. The Kier molecular flexibility index (Phi) is 24.7. The minimum Gasteiger partial charge on any atom is -0.566 e. The van der Waals surface area contributed by atoms with Gasteiger partial charge in [0.15, 0.2) is 0 Å². The fourth-order valence-electron chi connectivity index (χ4n) is 3.68. The molecule has 8 nitrogen and oxygen atoms in total. The SMILES string of the molecule is CCCCCCCCCCS(=O)(=O)N[C@@H](CO)CCCCCC.O=[P+]([O-])OCCOCc1ccccc1. The van der Waals surface area contributed by atoms with Crippen LogP contribution in [0, 0.1) is 0 Å². The summed E-state index contributed by atoms with van der Waals surface area (Å²) in [6.07, 6.45) is 14.3. The van der Waals surface area contributed by atoms with Gasteiger partial charge in [-0.1, -0.05) is 115 Å². The Labute approximate surface area is 226 Å². The Morgan fingerprint density at radius 2 is 1.46 bits per heavy atom. The lowest BCUT2D eigenvalue weighted by Crippen LogP contribution is -2.38. The van der Waals surface area contributed by atoms with Gasteiger partial charge in [0.25, 0.3) is 0 Å². The number of sulfonamides is 1. The number of ether oxygens (including phenoxy) is 1. The third-order valence-corrected chi connectivity index (χ3v) is 7.69. The van der Waals surface area contributed by atoms with Gasteiger partial charge in [-0.2, -0.15) is 0 Å². The second kappa shape index (κ2) is 25.4. The Morgan fingerprint density at radius 3 is 2.03 bits per heavy atom. The monoisotopic (exact) mass is 563 g/mol. The van der Waals surface area contributed by atoms with Gasteiger partial charge in [0.05, 0.1) is 25.6 Å². The van der Waals surface area contributed by atoms with Crippen LogP contribution in [0.5, 0.6) is 0 Å². The zero-order valence-corrected chi connectivity index (χ0v) is 24.7. The molecule has 0 fully saturated rings. The predicted octanol–water partition coefficient (Wildman–Crippen LogP) is 5.62. The van der Waals surface area contributed by atoms with Crippen molar-refractivity contribution in [1.82, 2.24) is 4.72 Å². The van der Waals surface area contributed by atoms with E-state index < -0.39 is 18.3 Å². The average Bonchev–Trinajstić information content (AvgIpc) is 2.88. The highest BCUT2D eigenvalue weighted by molar-refractivity contribution is 7.89.